The number of carbonyl (C=O) groups excluding carboxylic acids is 1. The van der Waals surface area contributed by atoms with Crippen LogP contribution in [0.4, 0.5) is 0 Å². The number of hydrogen-bond acceptors (Lipinski definition) is 5. The van der Waals surface area contributed by atoms with E-state index in [2.05, 4.69) is 30.6 Å². The molecule has 1 aromatic heterocycles. The van der Waals surface area contributed by atoms with Gasteiger partial charge in [0, 0.05) is 18.5 Å². The number of allylic oxidation sites excluding steroid dienone is 1. The number of aromatic nitrogens is 1. The van der Waals surface area contributed by atoms with Crippen molar-refractivity contribution in [3.8, 4) is 5.75 Å². The van der Waals surface area contributed by atoms with Crippen LogP contribution in [-0.2, 0) is 16.1 Å². The standard InChI is InChI=1S/C32H39N3O3/c1-4-17-31-21-32(35(30(31)36)20-25-12-8-9-18-33-25)28(34-29(38-32)24-10-6-5-7-11-24)19-27(22(31)2)23-13-15-26(37-3)16-14-23/h4,8-9,12-16,18,22,24,27,29H,1,5-7,10-11,17,19-21H2,2-3H3/t22-,27+,29-,31+,32+/m1/s1. The summed E-state index contributed by atoms with van der Waals surface area (Å²) in [6, 6.07) is 14.2. The lowest BCUT2D eigenvalue weighted by Gasteiger charge is -2.40. The third-order valence-corrected chi connectivity index (χ3v) is 9.75. The van der Waals surface area contributed by atoms with E-state index < -0.39 is 11.1 Å². The van der Waals surface area contributed by atoms with E-state index in [4.69, 9.17) is 14.5 Å². The van der Waals surface area contributed by atoms with Crippen molar-refractivity contribution in [3.05, 3.63) is 72.6 Å². The van der Waals surface area contributed by atoms with Gasteiger partial charge >= 0.3 is 0 Å². The number of amides is 1. The molecule has 2 aromatic rings. The number of fused-ring (bicyclic) bond motifs is 1. The predicted octanol–water partition coefficient (Wildman–Crippen LogP) is 6.28. The lowest BCUT2D eigenvalue weighted by Crippen LogP contribution is -2.53. The van der Waals surface area contributed by atoms with Crippen LogP contribution in [0.25, 0.3) is 0 Å². The van der Waals surface area contributed by atoms with Gasteiger partial charge in [0.2, 0.25) is 5.91 Å². The SMILES string of the molecule is C=CC[C@]12C[C@@]3(O[C@H](C4CCCCC4)N=C3C[C@H](c3ccc(OC)cc3)[C@H]1C)N(Cc1ccccn1)C2=O. The van der Waals surface area contributed by atoms with Gasteiger partial charge in [0.05, 0.1) is 30.5 Å². The van der Waals surface area contributed by atoms with E-state index in [9.17, 15) is 4.79 Å². The fourth-order valence-electron chi connectivity index (χ4n) is 7.62. The molecular weight excluding hydrogens is 474 g/mol. The van der Waals surface area contributed by atoms with Crippen molar-refractivity contribution in [2.24, 2.45) is 22.2 Å². The number of pyridine rings is 1. The molecular formula is C32H39N3O3. The molecule has 0 N–H and O–H groups in total. The number of rotatable bonds is 7. The summed E-state index contributed by atoms with van der Waals surface area (Å²) in [6.45, 7) is 6.77. The number of carbonyl (C=O) groups is 1. The Morgan fingerprint density at radius 2 is 1.95 bits per heavy atom. The number of ether oxygens (including phenoxy) is 2. The second kappa shape index (κ2) is 9.96. The van der Waals surface area contributed by atoms with Gasteiger partial charge in [0.15, 0.2) is 12.0 Å². The molecule has 200 valence electrons. The Hall–Kier alpha value is -2.99. The van der Waals surface area contributed by atoms with Crippen molar-refractivity contribution in [1.29, 1.82) is 0 Å². The molecule has 6 nitrogen and oxygen atoms in total. The zero-order valence-electron chi connectivity index (χ0n) is 22.6. The van der Waals surface area contributed by atoms with Crippen LogP contribution < -0.4 is 4.74 Å². The quantitative estimate of drug-likeness (QED) is 0.409. The largest absolute Gasteiger partial charge is 0.497 e. The van der Waals surface area contributed by atoms with Crippen LogP contribution in [0.3, 0.4) is 0 Å². The van der Waals surface area contributed by atoms with Gasteiger partial charge in [-0.15, -0.1) is 6.58 Å². The second-order valence-electron chi connectivity index (χ2n) is 11.7. The van der Waals surface area contributed by atoms with Crippen molar-refractivity contribution in [2.45, 2.75) is 82.7 Å². The van der Waals surface area contributed by atoms with Crippen LogP contribution in [0, 0.1) is 17.3 Å². The summed E-state index contributed by atoms with van der Waals surface area (Å²) in [5.74, 6) is 1.62. The van der Waals surface area contributed by atoms with Gasteiger partial charge in [-0.2, -0.15) is 0 Å². The Balaban J connectivity index is 1.46. The van der Waals surface area contributed by atoms with E-state index in [0.717, 1.165) is 36.4 Å². The maximum Gasteiger partial charge on any atom is 0.232 e. The van der Waals surface area contributed by atoms with E-state index >= 15 is 0 Å². The third kappa shape index (κ3) is 4.00. The normalized spacial score (nSPS) is 33.0. The van der Waals surface area contributed by atoms with Gasteiger partial charge < -0.3 is 14.4 Å². The lowest BCUT2D eigenvalue weighted by atomic mass is 9.66. The molecule has 6 rings (SSSR count). The minimum absolute atomic E-state index is 0.0806. The molecule has 2 saturated carbocycles. The van der Waals surface area contributed by atoms with E-state index in [0.29, 0.717) is 25.3 Å². The molecule has 38 heavy (non-hydrogen) atoms. The second-order valence-corrected chi connectivity index (χ2v) is 11.7. The molecule has 0 unspecified atom stereocenters. The van der Waals surface area contributed by atoms with Crippen LogP contribution in [0.15, 0.2) is 66.3 Å². The first-order chi connectivity index (χ1) is 18.5. The molecule has 4 aliphatic rings. The highest BCUT2D eigenvalue weighted by atomic mass is 16.6. The Bertz CT molecular complexity index is 1210. The number of methoxy groups -OCH3 is 1. The Labute approximate surface area is 226 Å². The van der Waals surface area contributed by atoms with Crippen LogP contribution in [0.1, 0.15) is 75.5 Å². The van der Waals surface area contributed by atoms with Crippen molar-refractivity contribution >= 4 is 11.6 Å². The monoisotopic (exact) mass is 513 g/mol. The summed E-state index contributed by atoms with van der Waals surface area (Å²) in [6.07, 6.45) is 11.6. The topological polar surface area (TPSA) is 64.0 Å². The first-order valence-corrected chi connectivity index (χ1v) is 14.2. The zero-order valence-corrected chi connectivity index (χ0v) is 22.6. The highest BCUT2D eigenvalue weighted by molar-refractivity contribution is 6.02. The minimum atomic E-state index is -0.824. The van der Waals surface area contributed by atoms with Crippen LogP contribution in [0.5, 0.6) is 5.75 Å². The molecule has 2 aliphatic heterocycles. The molecule has 2 aliphatic carbocycles. The van der Waals surface area contributed by atoms with Crippen molar-refractivity contribution in [3.63, 3.8) is 0 Å². The Morgan fingerprint density at radius 1 is 1.16 bits per heavy atom. The minimum Gasteiger partial charge on any atom is -0.497 e. The predicted molar refractivity (Wildman–Crippen MR) is 148 cm³/mol. The molecule has 2 bridgehead atoms. The molecule has 1 aromatic carbocycles. The zero-order chi connectivity index (χ0) is 26.3. The van der Waals surface area contributed by atoms with Crippen molar-refractivity contribution < 1.29 is 14.3 Å². The number of aliphatic imine (C=N–C) groups is 1. The fourth-order valence-corrected chi connectivity index (χ4v) is 7.62. The van der Waals surface area contributed by atoms with Crippen molar-refractivity contribution in [2.75, 3.05) is 7.11 Å². The molecule has 1 spiro atoms. The maximum absolute atomic E-state index is 14.7. The first-order valence-electron chi connectivity index (χ1n) is 14.2. The van der Waals surface area contributed by atoms with E-state index in [1.807, 2.05) is 41.3 Å². The molecule has 1 amide bonds. The highest BCUT2D eigenvalue weighted by Crippen LogP contribution is 2.61. The highest BCUT2D eigenvalue weighted by Gasteiger charge is 2.69. The lowest BCUT2D eigenvalue weighted by molar-refractivity contribution is -0.156. The van der Waals surface area contributed by atoms with Gasteiger partial charge in [-0.1, -0.05) is 50.5 Å². The summed E-state index contributed by atoms with van der Waals surface area (Å²) in [4.78, 5) is 26.6. The summed E-state index contributed by atoms with van der Waals surface area (Å²) >= 11 is 0. The average Bonchev–Trinajstić information content (AvgIpc) is 3.40. The van der Waals surface area contributed by atoms with Gasteiger partial charge in [0.1, 0.15) is 5.75 Å². The summed E-state index contributed by atoms with van der Waals surface area (Å²) in [5, 5.41) is 0. The van der Waals surface area contributed by atoms with Gasteiger partial charge in [-0.05, 0) is 67.3 Å². The van der Waals surface area contributed by atoms with E-state index in [1.165, 1.54) is 24.8 Å². The third-order valence-electron chi connectivity index (χ3n) is 9.75. The average molecular weight is 514 g/mol. The molecule has 6 heteroatoms. The van der Waals surface area contributed by atoms with E-state index in [1.54, 1.807) is 13.3 Å². The molecule has 5 atom stereocenters. The number of likely N-dealkylation sites (tertiary alicyclic amines) is 1. The Kier molecular flexibility index (Phi) is 6.63. The Morgan fingerprint density at radius 3 is 2.63 bits per heavy atom. The van der Waals surface area contributed by atoms with Gasteiger partial charge in [0.25, 0.3) is 0 Å². The summed E-state index contributed by atoms with van der Waals surface area (Å²) < 4.78 is 12.5. The van der Waals surface area contributed by atoms with Gasteiger partial charge in [-0.25, -0.2) is 0 Å². The van der Waals surface area contributed by atoms with Gasteiger partial charge in [-0.3, -0.25) is 14.8 Å². The summed E-state index contributed by atoms with van der Waals surface area (Å²) in [7, 11) is 1.69. The van der Waals surface area contributed by atoms with E-state index in [-0.39, 0.29) is 24.0 Å². The molecule has 3 heterocycles. The number of hydrogen-bond donors (Lipinski definition) is 0. The molecule has 3 fully saturated rings. The first kappa shape index (κ1) is 25.3. The smallest absolute Gasteiger partial charge is 0.232 e. The van der Waals surface area contributed by atoms with Crippen LogP contribution in [-0.4, -0.2) is 40.6 Å². The van der Waals surface area contributed by atoms with Crippen LogP contribution in [0.2, 0.25) is 0 Å². The van der Waals surface area contributed by atoms with Crippen molar-refractivity contribution in [1.82, 2.24) is 9.88 Å². The number of benzene rings is 1. The maximum atomic E-state index is 14.7. The summed E-state index contributed by atoms with van der Waals surface area (Å²) in [5.41, 5.74) is 1.69. The molecule has 1 saturated heterocycles. The molecule has 0 radical (unpaired) electrons. The number of nitrogens with zero attached hydrogens (tertiary/aromatic N) is 3. The van der Waals surface area contributed by atoms with Crippen LogP contribution >= 0.6 is 0 Å². The fraction of sp³-hybridized carbons (Fsp3) is 0.531.